The molecule has 39 heavy (non-hydrogen) atoms. The highest BCUT2D eigenvalue weighted by molar-refractivity contribution is 6.83. The van der Waals surface area contributed by atoms with Crippen LogP contribution < -0.4 is 20.3 Å². The van der Waals surface area contributed by atoms with Gasteiger partial charge in [-0.05, 0) is 80.5 Å². The number of likely N-dealkylation sites (N-methyl/N-ethyl adjacent to an activating group) is 1. The minimum Gasteiger partial charge on any atom is -0.484 e. The molecule has 2 N–H and O–H groups in total. The predicted molar refractivity (Wildman–Crippen MR) is 167 cm³/mol. The van der Waals surface area contributed by atoms with Crippen LogP contribution in [0.15, 0.2) is 24.4 Å². The van der Waals surface area contributed by atoms with Crippen LogP contribution in [0.2, 0.25) is 19.6 Å². The molecule has 0 aliphatic carbocycles. The van der Waals surface area contributed by atoms with Gasteiger partial charge in [0.15, 0.2) is 0 Å². The summed E-state index contributed by atoms with van der Waals surface area (Å²) >= 11 is 0. The number of anilines is 4. The molecule has 0 saturated carbocycles. The molecule has 7 nitrogen and oxygen atoms in total. The minimum atomic E-state index is -1.56. The maximum atomic E-state index is 6.33. The van der Waals surface area contributed by atoms with Crippen molar-refractivity contribution in [1.82, 2.24) is 14.9 Å². The van der Waals surface area contributed by atoms with Gasteiger partial charge in [0.1, 0.15) is 25.2 Å². The van der Waals surface area contributed by atoms with Crippen molar-refractivity contribution in [2.24, 2.45) is 0 Å². The number of benzene rings is 1. The molecule has 0 radical (unpaired) electrons. The molecule has 212 valence electrons. The molecule has 1 saturated heterocycles. The van der Waals surface area contributed by atoms with E-state index in [2.05, 4.69) is 130 Å². The average molecular weight is 549 g/mol. The summed E-state index contributed by atoms with van der Waals surface area (Å²) in [4.78, 5) is 14.5. The van der Waals surface area contributed by atoms with Crippen LogP contribution >= 0.6 is 0 Å². The predicted octanol–water partition coefficient (Wildman–Crippen LogP) is 6.51. The zero-order chi connectivity index (χ0) is 28.8. The lowest BCUT2D eigenvalue weighted by Crippen LogP contribution is -2.61. The van der Waals surface area contributed by atoms with Crippen LogP contribution in [0.4, 0.5) is 23.1 Å². The maximum Gasteiger partial charge on any atom is 0.229 e. The average Bonchev–Trinajstić information content (AvgIpc) is 2.79. The van der Waals surface area contributed by atoms with Crippen LogP contribution in [0.3, 0.4) is 0 Å². The first-order valence-corrected chi connectivity index (χ1v) is 17.7. The summed E-state index contributed by atoms with van der Waals surface area (Å²) in [5.41, 5.74) is 6.26. The Kier molecular flexibility index (Phi) is 7.74. The number of nitrogens with one attached hydrogen (secondary N) is 2. The second-order valence-electron chi connectivity index (χ2n) is 14.1. The highest BCUT2D eigenvalue weighted by Crippen LogP contribution is 2.40. The van der Waals surface area contributed by atoms with Crippen LogP contribution in [0.1, 0.15) is 66.9 Å². The minimum absolute atomic E-state index is 0.0704. The largest absolute Gasteiger partial charge is 0.484 e. The van der Waals surface area contributed by atoms with Crippen LogP contribution in [0, 0.1) is 11.5 Å². The number of likely N-dealkylation sites (tertiary alicyclic amines) is 1. The van der Waals surface area contributed by atoms with Crippen molar-refractivity contribution in [3.05, 3.63) is 30.0 Å². The first kappa shape index (κ1) is 29.2. The van der Waals surface area contributed by atoms with Crippen molar-refractivity contribution in [1.29, 1.82) is 0 Å². The molecule has 1 fully saturated rings. The number of nitrogens with zero attached hydrogens (tertiary/aromatic N) is 4. The van der Waals surface area contributed by atoms with Crippen molar-refractivity contribution >= 4 is 31.2 Å². The van der Waals surface area contributed by atoms with Crippen LogP contribution in [0.25, 0.3) is 0 Å². The van der Waals surface area contributed by atoms with Gasteiger partial charge in [-0.2, -0.15) is 4.98 Å². The van der Waals surface area contributed by atoms with Gasteiger partial charge >= 0.3 is 0 Å². The van der Waals surface area contributed by atoms with Crippen molar-refractivity contribution in [3.8, 4) is 17.2 Å². The Morgan fingerprint density at radius 3 is 2.36 bits per heavy atom. The van der Waals surface area contributed by atoms with Crippen molar-refractivity contribution < 1.29 is 4.74 Å². The maximum absolute atomic E-state index is 6.33. The van der Waals surface area contributed by atoms with Gasteiger partial charge in [0.05, 0.1) is 24.0 Å². The first-order valence-electron chi connectivity index (χ1n) is 14.2. The second kappa shape index (κ2) is 10.3. The number of fused-ring (bicyclic) bond motifs is 1. The van der Waals surface area contributed by atoms with Gasteiger partial charge in [0.25, 0.3) is 0 Å². The Morgan fingerprint density at radius 2 is 1.74 bits per heavy atom. The van der Waals surface area contributed by atoms with Crippen LogP contribution in [0.5, 0.6) is 5.75 Å². The van der Waals surface area contributed by atoms with E-state index in [1.54, 1.807) is 0 Å². The SMILES string of the molecule is CCN1CC(C)(C)Oc2cc(Nc3ncc(C#C[Si](C)(C)C)c(NC4CC(C)(C)N(C)C(C)(C)C4)n3)ccc21. The van der Waals surface area contributed by atoms with Crippen LogP contribution in [-0.4, -0.2) is 65.8 Å². The number of rotatable bonds is 5. The molecule has 0 bridgehead atoms. The molecule has 2 aromatic rings. The fourth-order valence-corrected chi connectivity index (χ4v) is 6.30. The van der Waals surface area contributed by atoms with Crippen molar-refractivity contribution in [3.63, 3.8) is 0 Å². The second-order valence-corrected chi connectivity index (χ2v) is 18.8. The van der Waals surface area contributed by atoms with Gasteiger partial charge in [0, 0.05) is 35.4 Å². The lowest BCUT2D eigenvalue weighted by Gasteiger charge is -2.53. The normalized spacial score (nSPS) is 20.3. The zero-order valence-electron chi connectivity index (χ0n) is 25.9. The number of ether oxygens (including phenoxy) is 1. The highest BCUT2D eigenvalue weighted by atomic mass is 28.3. The molecule has 1 aromatic carbocycles. The molecule has 1 aromatic heterocycles. The third-order valence-electron chi connectivity index (χ3n) is 7.91. The summed E-state index contributed by atoms with van der Waals surface area (Å²) in [6.07, 6.45) is 3.89. The Balaban J connectivity index is 1.64. The quantitative estimate of drug-likeness (QED) is 0.326. The van der Waals surface area contributed by atoms with E-state index in [1.807, 2.05) is 6.20 Å². The summed E-state index contributed by atoms with van der Waals surface area (Å²) in [5, 5.41) is 7.20. The first-order chi connectivity index (χ1) is 18.0. The van der Waals surface area contributed by atoms with E-state index < -0.39 is 8.07 Å². The molecule has 0 unspecified atom stereocenters. The molecular weight excluding hydrogens is 500 g/mol. The summed E-state index contributed by atoms with van der Waals surface area (Å²) in [6, 6.07) is 6.52. The topological polar surface area (TPSA) is 65.6 Å². The van der Waals surface area contributed by atoms with E-state index >= 15 is 0 Å². The van der Waals surface area contributed by atoms with E-state index in [0.717, 1.165) is 54.4 Å². The number of hydrogen-bond donors (Lipinski definition) is 2. The zero-order valence-corrected chi connectivity index (χ0v) is 26.9. The van der Waals surface area contributed by atoms with Crippen molar-refractivity contribution in [2.75, 3.05) is 35.7 Å². The lowest BCUT2D eigenvalue weighted by molar-refractivity contribution is -0.00773. The van der Waals surface area contributed by atoms with Gasteiger partial charge in [-0.3, -0.25) is 4.90 Å². The summed E-state index contributed by atoms with van der Waals surface area (Å²) in [7, 11) is 0.669. The fraction of sp³-hybridized carbons (Fsp3) is 0.613. The van der Waals surface area contributed by atoms with Crippen molar-refractivity contribution in [2.45, 2.75) is 104 Å². The van der Waals surface area contributed by atoms with E-state index in [1.165, 1.54) is 0 Å². The Bertz CT molecular complexity index is 1250. The molecule has 3 heterocycles. The molecular formula is C31H48N6OSi. The molecule has 4 rings (SSSR count). The van der Waals surface area contributed by atoms with Gasteiger partial charge in [-0.15, -0.1) is 5.54 Å². The Morgan fingerprint density at radius 1 is 1.08 bits per heavy atom. The van der Waals surface area contributed by atoms with E-state index in [0.29, 0.717) is 5.95 Å². The fourth-order valence-electron chi connectivity index (χ4n) is 5.79. The molecule has 8 heteroatoms. The smallest absolute Gasteiger partial charge is 0.229 e. The Labute approximate surface area is 237 Å². The molecule has 2 aliphatic rings. The van der Waals surface area contributed by atoms with E-state index in [4.69, 9.17) is 9.72 Å². The van der Waals surface area contributed by atoms with Gasteiger partial charge in [-0.25, -0.2) is 4.98 Å². The number of piperidine rings is 1. The molecule has 2 aliphatic heterocycles. The number of hydrogen-bond acceptors (Lipinski definition) is 7. The van der Waals surface area contributed by atoms with Crippen LogP contribution in [-0.2, 0) is 0 Å². The highest BCUT2D eigenvalue weighted by Gasteiger charge is 2.43. The molecule has 0 spiro atoms. The standard InChI is InChI=1S/C31H48N6OSi/c1-12-37-21-31(6,7)38-26-17-23(13-14-25(26)37)34-28-32-20-22(15-16-39(9,10)11)27(35-28)33-24-18-29(2,3)36(8)30(4,5)19-24/h13-14,17,20,24H,12,18-19,21H2,1-11H3,(H2,32,33,34,35). The third kappa shape index (κ3) is 6.88. The van der Waals surface area contributed by atoms with Gasteiger partial charge in [0.2, 0.25) is 5.95 Å². The monoisotopic (exact) mass is 548 g/mol. The van der Waals surface area contributed by atoms with E-state index in [-0.39, 0.29) is 22.7 Å². The number of aromatic nitrogens is 2. The van der Waals surface area contributed by atoms with E-state index in [9.17, 15) is 0 Å². The summed E-state index contributed by atoms with van der Waals surface area (Å²) < 4.78 is 6.33. The summed E-state index contributed by atoms with van der Waals surface area (Å²) in [5.74, 6) is 5.63. The molecule has 0 atom stereocenters. The third-order valence-corrected chi connectivity index (χ3v) is 8.78. The Hall–Kier alpha value is -2.76. The molecule has 0 amide bonds. The summed E-state index contributed by atoms with van der Waals surface area (Å²) in [6.45, 7) is 24.3. The lowest BCUT2D eigenvalue weighted by atomic mass is 9.77. The van der Waals surface area contributed by atoms with Gasteiger partial charge < -0.3 is 20.3 Å². The van der Waals surface area contributed by atoms with Gasteiger partial charge in [-0.1, -0.05) is 25.6 Å².